The molecule has 2 aliphatic heterocycles. The van der Waals surface area contributed by atoms with Crippen LogP contribution in [-0.2, 0) is 0 Å². The van der Waals surface area contributed by atoms with Crippen LogP contribution in [0, 0.1) is 11.3 Å². The molecule has 5 nitrogen and oxygen atoms in total. The molecule has 7 heteroatoms. The van der Waals surface area contributed by atoms with Crippen molar-refractivity contribution in [2.45, 2.75) is 20.0 Å². The summed E-state index contributed by atoms with van der Waals surface area (Å²) in [5.74, 6) is 2.32. The van der Waals surface area contributed by atoms with Crippen LogP contribution in [0.1, 0.15) is 13.8 Å². The molecule has 25 heavy (non-hydrogen) atoms. The van der Waals surface area contributed by atoms with E-state index in [2.05, 4.69) is 10.2 Å². The molecule has 144 valence electrons. The highest BCUT2D eigenvalue weighted by Crippen LogP contribution is 2.38. The van der Waals surface area contributed by atoms with Crippen molar-refractivity contribution in [3.05, 3.63) is 24.3 Å². The number of aliphatic hydroxyl groups is 1. The Balaban J connectivity index is 0.00000156. The van der Waals surface area contributed by atoms with Crippen LogP contribution in [-0.4, -0.2) is 62.0 Å². The zero-order chi connectivity index (χ0) is 16.3. The van der Waals surface area contributed by atoms with Crippen molar-refractivity contribution in [1.29, 1.82) is 0 Å². The molecule has 0 aromatic heterocycles. The summed E-state index contributed by atoms with van der Waals surface area (Å²) >= 11 is 0. The van der Waals surface area contributed by atoms with Crippen LogP contribution >= 0.6 is 24.8 Å². The molecule has 2 N–H and O–H groups in total. The second kappa shape index (κ2) is 9.83. The number of hydrogen-bond donors (Lipinski definition) is 2. The molecule has 3 rings (SSSR count). The standard InChI is InChI=1S/C18H28N2O3.2ClH/c1-14(2)23-17-5-3-16(4-6-17)22-8-7-20-10-15-9-19-11-18(15,12-20)13-21;;/h3-6,14-15,19,21H,7-13H2,1-2H3;2*1H. The molecule has 0 radical (unpaired) electrons. The molecule has 0 saturated carbocycles. The van der Waals surface area contributed by atoms with Crippen molar-refractivity contribution in [1.82, 2.24) is 10.2 Å². The number of ether oxygens (including phenoxy) is 2. The molecule has 0 bridgehead atoms. The first kappa shape index (κ1) is 22.3. The zero-order valence-corrected chi connectivity index (χ0v) is 16.6. The molecule has 2 aliphatic rings. The van der Waals surface area contributed by atoms with Crippen molar-refractivity contribution < 1.29 is 14.6 Å². The number of nitrogens with zero attached hydrogens (tertiary/aromatic N) is 1. The summed E-state index contributed by atoms with van der Waals surface area (Å²) in [6.07, 6.45) is 0.185. The fourth-order valence-corrected chi connectivity index (χ4v) is 3.71. The minimum atomic E-state index is 0. The number of nitrogens with one attached hydrogen (secondary N) is 1. The molecule has 0 spiro atoms. The summed E-state index contributed by atoms with van der Waals surface area (Å²) < 4.78 is 11.5. The van der Waals surface area contributed by atoms with E-state index in [1.807, 2.05) is 38.1 Å². The summed E-state index contributed by atoms with van der Waals surface area (Å²) in [6, 6.07) is 7.80. The number of hydrogen-bond acceptors (Lipinski definition) is 5. The molecule has 0 aliphatic carbocycles. The fourth-order valence-electron chi connectivity index (χ4n) is 3.71. The summed E-state index contributed by atoms with van der Waals surface area (Å²) in [5, 5.41) is 13.1. The van der Waals surface area contributed by atoms with Gasteiger partial charge in [0.1, 0.15) is 18.1 Å². The molecule has 2 atom stereocenters. The molecule has 2 saturated heterocycles. The molecular formula is C18H30Cl2N2O3. The third-order valence-corrected chi connectivity index (χ3v) is 4.94. The molecule has 1 aromatic rings. The van der Waals surface area contributed by atoms with Gasteiger partial charge < -0.3 is 19.9 Å². The highest BCUT2D eigenvalue weighted by Gasteiger charge is 2.48. The van der Waals surface area contributed by atoms with Gasteiger partial charge in [0.2, 0.25) is 0 Å². The average molecular weight is 393 g/mol. The maximum atomic E-state index is 9.73. The van der Waals surface area contributed by atoms with Crippen molar-refractivity contribution >= 4 is 24.8 Å². The maximum Gasteiger partial charge on any atom is 0.119 e. The predicted octanol–water partition coefficient (Wildman–Crippen LogP) is 2.21. The van der Waals surface area contributed by atoms with Gasteiger partial charge in [-0.2, -0.15) is 0 Å². The van der Waals surface area contributed by atoms with Gasteiger partial charge >= 0.3 is 0 Å². The first-order chi connectivity index (χ1) is 11.1. The van der Waals surface area contributed by atoms with E-state index in [-0.39, 0.29) is 42.9 Å². The van der Waals surface area contributed by atoms with Crippen LogP contribution in [0.15, 0.2) is 24.3 Å². The number of aliphatic hydroxyl groups excluding tert-OH is 1. The number of fused-ring (bicyclic) bond motifs is 1. The number of rotatable bonds is 7. The molecule has 2 fully saturated rings. The van der Waals surface area contributed by atoms with Crippen molar-refractivity contribution in [3.8, 4) is 11.5 Å². The number of halogens is 2. The summed E-state index contributed by atoms with van der Waals surface area (Å²) in [6.45, 7) is 9.87. The summed E-state index contributed by atoms with van der Waals surface area (Å²) in [7, 11) is 0. The smallest absolute Gasteiger partial charge is 0.119 e. The Morgan fingerprint density at radius 1 is 1.24 bits per heavy atom. The molecular weight excluding hydrogens is 363 g/mol. The van der Waals surface area contributed by atoms with E-state index in [0.29, 0.717) is 12.5 Å². The van der Waals surface area contributed by atoms with E-state index in [1.165, 1.54) is 0 Å². The Morgan fingerprint density at radius 3 is 2.52 bits per heavy atom. The Hall–Kier alpha value is -0.720. The van der Waals surface area contributed by atoms with Crippen molar-refractivity contribution in [2.24, 2.45) is 11.3 Å². The van der Waals surface area contributed by atoms with E-state index in [0.717, 1.165) is 44.2 Å². The lowest BCUT2D eigenvalue weighted by Crippen LogP contribution is -2.36. The van der Waals surface area contributed by atoms with Crippen molar-refractivity contribution in [3.63, 3.8) is 0 Å². The van der Waals surface area contributed by atoms with Gasteiger partial charge in [-0.1, -0.05) is 0 Å². The summed E-state index contributed by atoms with van der Waals surface area (Å²) in [4.78, 5) is 2.41. The van der Waals surface area contributed by atoms with E-state index in [4.69, 9.17) is 9.47 Å². The third-order valence-electron chi connectivity index (χ3n) is 4.94. The average Bonchev–Trinajstić information content (AvgIpc) is 3.05. The quantitative estimate of drug-likeness (QED) is 0.744. The maximum absolute atomic E-state index is 9.73. The lowest BCUT2D eigenvalue weighted by Gasteiger charge is -2.25. The van der Waals surface area contributed by atoms with Gasteiger partial charge in [-0.05, 0) is 50.6 Å². The van der Waals surface area contributed by atoms with Gasteiger partial charge in [-0.25, -0.2) is 0 Å². The summed E-state index contributed by atoms with van der Waals surface area (Å²) in [5.41, 5.74) is 0.0653. The van der Waals surface area contributed by atoms with Crippen LogP contribution in [0.5, 0.6) is 11.5 Å². The van der Waals surface area contributed by atoms with E-state index >= 15 is 0 Å². The first-order valence-corrected chi connectivity index (χ1v) is 8.55. The lowest BCUT2D eigenvalue weighted by atomic mass is 9.82. The second-order valence-electron chi connectivity index (χ2n) is 7.07. The van der Waals surface area contributed by atoms with E-state index in [1.54, 1.807) is 0 Å². The van der Waals surface area contributed by atoms with Gasteiger partial charge in [0.25, 0.3) is 0 Å². The van der Waals surface area contributed by atoms with Gasteiger partial charge in [0, 0.05) is 31.6 Å². The number of benzene rings is 1. The van der Waals surface area contributed by atoms with Crippen LogP contribution in [0.2, 0.25) is 0 Å². The monoisotopic (exact) mass is 392 g/mol. The number of likely N-dealkylation sites (tertiary alicyclic amines) is 1. The van der Waals surface area contributed by atoms with E-state index < -0.39 is 0 Å². The lowest BCUT2D eigenvalue weighted by molar-refractivity contribution is 0.122. The normalized spacial score (nSPS) is 25.2. The SMILES string of the molecule is CC(C)Oc1ccc(OCCN2CC3CNCC3(CO)C2)cc1.Cl.Cl. The Kier molecular flexibility index (Phi) is 8.78. The molecule has 2 heterocycles. The second-order valence-corrected chi connectivity index (χ2v) is 7.07. The van der Waals surface area contributed by atoms with Crippen LogP contribution in [0.4, 0.5) is 0 Å². The Morgan fingerprint density at radius 2 is 1.92 bits per heavy atom. The van der Waals surface area contributed by atoms with Crippen LogP contribution < -0.4 is 14.8 Å². The zero-order valence-electron chi connectivity index (χ0n) is 14.9. The molecule has 0 amide bonds. The molecule has 2 unspecified atom stereocenters. The van der Waals surface area contributed by atoms with Crippen molar-refractivity contribution in [2.75, 3.05) is 45.9 Å². The highest BCUT2D eigenvalue weighted by atomic mass is 35.5. The first-order valence-electron chi connectivity index (χ1n) is 8.55. The topological polar surface area (TPSA) is 54.0 Å². The van der Waals surface area contributed by atoms with Gasteiger partial charge in [-0.15, -0.1) is 24.8 Å². The van der Waals surface area contributed by atoms with Gasteiger partial charge in [0.15, 0.2) is 0 Å². The van der Waals surface area contributed by atoms with Crippen LogP contribution in [0.25, 0.3) is 0 Å². The third kappa shape index (κ3) is 5.38. The molecule has 1 aromatic carbocycles. The van der Waals surface area contributed by atoms with Gasteiger partial charge in [-0.3, -0.25) is 4.90 Å². The van der Waals surface area contributed by atoms with Gasteiger partial charge in [0.05, 0.1) is 12.7 Å². The predicted molar refractivity (Wildman–Crippen MR) is 105 cm³/mol. The van der Waals surface area contributed by atoms with Crippen LogP contribution in [0.3, 0.4) is 0 Å². The largest absolute Gasteiger partial charge is 0.492 e. The Bertz CT molecular complexity index is 516. The highest BCUT2D eigenvalue weighted by molar-refractivity contribution is 5.85. The minimum absolute atomic E-state index is 0. The van der Waals surface area contributed by atoms with E-state index in [9.17, 15) is 5.11 Å². The Labute approximate surface area is 162 Å². The minimum Gasteiger partial charge on any atom is -0.492 e. The fraction of sp³-hybridized carbons (Fsp3) is 0.667.